The number of hydrogen-bond donors (Lipinski definition) is 2. The predicted molar refractivity (Wildman–Crippen MR) is 79.0 cm³/mol. The van der Waals surface area contributed by atoms with Crippen LogP contribution in [0, 0.1) is 0 Å². The maximum absolute atomic E-state index is 11.0. The Kier molecular flexibility index (Phi) is 4.92. The minimum Gasteiger partial charge on any atom is -0.492 e. The largest absolute Gasteiger partial charge is 0.492 e. The number of benzene rings is 1. The summed E-state index contributed by atoms with van der Waals surface area (Å²) in [7, 11) is 1.28. The number of nitrogens with one attached hydrogen (secondary N) is 2. The van der Waals surface area contributed by atoms with Crippen LogP contribution in [0.2, 0.25) is 0 Å². The Morgan fingerprint density at radius 3 is 2.52 bits per heavy atom. The first kappa shape index (κ1) is 14.6. The third-order valence-electron chi connectivity index (χ3n) is 2.53. The monoisotopic (exact) mass is 288 g/mol. The highest BCUT2D eigenvalue weighted by atomic mass is 16.5. The number of ether oxygens (including phenoxy) is 2. The standard InChI is InChI=1S/C14H16N4O3/c1-3-21-11-7-5-4-6-10(11)15-12-8-9-13(18-17-12)16-14(19)20-2/h4-9H,3H2,1-2H3,(H,15,17)(H,16,18,19). The summed E-state index contributed by atoms with van der Waals surface area (Å²) in [5, 5.41) is 13.4. The lowest BCUT2D eigenvalue weighted by Gasteiger charge is -2.11. The quantitative estimate of drug-likeness (QED) is 0.880. The number of nitrogens with zero attached hydrogens (tertiary/aromatic N) is 2. The molecule has 0 spiro atoms. The summed E-state index contributed by atoms with van der Waals surface area (Å²) >= 11 is 0. The Labute approximate surface area is 122 Å². The molecule has 0 unspecified atom stereocenters. The molecule has 0 aliphatic carbocycles. The predicted octanol–water partition coefficient (Wildman–Crippen LogP) is 2.80. The van der Waals surface area contributed by atoms with Crippen molar-refractivity contribution in [1.82, 2.24) is 10.2 Å². The molecule has 1 heterocycles. The Morgan fingerprint density at radius 2 is 1.86 bits per heavy atom. The molecule has 0 fully saturated rings. The molecule has 0 aliphatic rings. The highest BCUT2D eigenvalue weighted by Gasteiger charge is 2.05. The second-order valence-electron chi connectivity index (χ2n) is 3.97. The van der Waals surface area contributed by atoms with E-state index in [4.69, 9.17) is 4.74 Å². The van der Waals surface area contributed by atoms with Gasteiger partial charge in [0.2, 0.25) is 0 Å². The van der Waals surface area contributed by atoms with Gasteiger partial charge in [-0.1, -0.05) is 12.1 Å². The molecule has 21 heavy (non-hydrogen) atoms. The molecule has 0 saturated carbocycles. The van der Waals surface area contributed by atoms with Gasteiger partial charge in [-0.3, -0.25) is 5.32 Å². The van der Waals surface area contributed by atoms with Gasteiger partial charge in [-0.15, -0.1) is 10.2 Å². The maximum atomic E-state index is 11.0. The first-order valence-electron chi connectivity index (χ1n) is 6.40. The lowest BCUT2D eigenvalue weighted by Crippen LogP contribution is -2.12. The Bertz CT molecular complexity index is 601. The van der Waals surface area contributed by atoms with Crippen LogP contribution in [-0.2, 0) is 4.74 Å². The fourth-order valence-electron chi connectivity index (χ4n) is 1.61. The zero-order valence-corrected chi connectivity index (χ0v) is 11.8. The third-order valence-corrected chi connectivity index (χ3v) is 2.53. The first-order chi connectivity index (χ1) is 10.2. The van der Waals surface area contributed by atoms with Crippen molar-refractivity contribution >= 4 is 23.4 Å². The molecule has 1 aromatic carbocycles. The molecule has 7 heteroatoms. The second-order valence-corrected chi connectivity index (χ2v) is 3.97. The van der Waals surface area contributed by atoms with Gasteiger partial charge in [0.15, 0.2) is 11.6 Å². The van der Waals surface area contributed by atoms with Gasteiger partial charge in [0.1, 0.15) is 5.75 Å². The number of para-hydroxylation sites is 2. The van der Waals surface area contributed by atoms with E-state index in [1.165, 1.54) is 7.11 Å². The zero-order chi connectivity index (χ0) is 15.1. The summed E-state index contributed by atoms with van der Waals surface area (Å²) in [5.41, 5.74) is 0.794. The minimum absolute atomic E-state index is 0.311. The molecule has 7 nitrogen and oxygen atoms in total. The summed E-state index contributed by atoms with van der Waals surface area (Å²) in [5.74, 6) is 1.58. The number of carbonyl (C=O) groups excluding carboxylic acids is 1. The molecular formula is C14H16N4O3. The van der Waals surface area contributed by atoms with Crippen LogP contribution in [0.3, 0.4) is 0 Å². The summed E-state index contributed by atoms with van der Waals surface area (Å²) in [4.78, 5) is 11.0. The summed E-state index contributed by atoms with van der Waals surface area (Å²) in [6.45, 7) is 2.50. The number of anilines is 3. The van der Waals surface area contributed by atoms with Crippen molar-refractivity contribution in [2.24, 2.45) is 0 Å². The van der Waals surface area contributed by atoms with Crippen molar-refractivity contribution in [2.45, 2.75) is 6.92 Å². The molecule has 0 bridgehead atoms. The summed E-state index contributed by atoms with van der Waals surface area (Å²) in [6.07, 6.45) is -0.591. The van der Waals surface area contributed by atoms with Gasteiger partial charge in [-0.2, -0.15) is 0 Å². The van der Waals surface area contributed by atoms with E-state index in [2.05, 4.69) is 25.6 Å². The number of amides is 1. The Morgan fingerprint density at radius 1 is 1.14 bits per heavy atom. The van der Waals surface area contributed by atoms with Gasteiger partial charge < -0.3 is 14.8 Å². The average molecular weight is 288 g/mol. The van der Waals surface area contributed by atoms with Gasteiger partial charge in [0.05, 0.1) is 19.4 Å². The molecule has 2 rings (SSSR count). The molecule has 1 aromatic heterocycles. The van der Waals surface area contributed by atoms with Crippen molar-refractivity contribution in [3.63, 3.8) is 0 Å². The molecular weight excluding hydrogens is 272 g/mol. The maximum Gasteiger partial charge on any atom is 0.412 e. The fourth-order valence-corrected chi connectivity index (χ4v) is 1.61. The number of hydrogen-bond acceptors (Lipinski definition) is 6. The van der Waals surface area contributed by atoms with E-state index in [-0.39, 0.29) is 0 Å². The average Bonchev–Trinajstić information content (AvgIpc) is 2.51. The number of rotatable bonds is 5. The normalized spacial score (nSPS) is 9.81. The number of carbonyl (C=O) groups is 1. The van der Waals surface area contributed by atoms with Crippen LogP contribution in [-0.4, -0.2) is 30.0 Å². The van der Waals surface area contributed by atoms with E-state index in [0.29, 0.717) is 18.2 Å². The molecule has 2 aromatic rings. The van der Waals surface area contributed by atoms with Crippen LogP contribution in [0.4, 0.5) is 22.1 Å². The first-order valence-corrected chi connectivity index (χ1v) is 6.40. The van der Waals surface area contributed by atoms with E-state index < -0.39 is 6.09 Å². The van der Waals surface area contributed by atoms with Gasteiger partial charge in [0.25, 0.3) is 0 Å². The Hall–Kier alpha value is -2.83. The van der Waals surface area contributed by atoms with Crippen molar-refractivity contribution < 1.29 is 14.3 Å². The summed E-state index contributed by atoms with van der Waals surface area (Å²) in [6, 6.07) is 10.9. The fraction of sp³-hybridized carbons (Fsp3) is 0.214. The van der Waals surface area contributed by atoms with E-state index in [9.17, 15) is 4.79 Å². The molecule has 0 aliphatic heterocycles. The lowest BCUT2D eigenvalue weighted by molar-refractivity contribution is 0.187. The smallest absolute Gasteiger partial charge is 0.412 e. The van der Waals surface area contributed by atoms with E-state index >= 15 is 0 Å². The molecule has 1 amide bonds. The molecule has 2 N–H and O–H groups in total. The lowest BCUT2D eigenvalue weighted by atomic mass is 10.3. The van der Waals surface area contributed by atoms with Gasteiger partial charge in [0, 0.05) is 0 Å². The van der Waals surface area contributed by atoms with Gasteiger partial charge >= 0.3 is 6.09 Å². The van der Waals surface area contributed by atoms with Gasteiger partial charge in [-0.25, -0.2) is 4.79 Å². The van der Waals surface area contributed by atoms with Gasteiger partial charge in [-0.05, 0) is 31.2 Å². The van der Waals surface area contributed by atoms with Crippen LogP contribution in [0.25, 0.3) is 0 Å². The van der Waals surface area contributed by atoms with E-state index in [1.807, 2.05) is 31.2 Å². The SMILES string of the molecule is CCOc1ccccc1Nc1ccc(NC(=O)OC)nn1. The van der Waals surface area contributed by atoms with Crippen molar-refractivity contribution in [2.75, 3.05) is 24.4 Å². The number of aromatic nitrogens is 2. The van der Waals surface area contributed by atoms with Crippen LogP contribution in [0.5, 0.6) is 5.75 Å². The highest BCUT2D eigenvalue weighted by Crippen LogP contribution is 2.26. The van der Waals surface area contributed by atoms with Crippen LogP contribution in [0.15, 0.2) is 36.4 Å². The Balaban J connectivity index is 2.08. The minimum atomic E-state index is -0.591. The van der Waals surface area contributed by atoms with Crippen molar-refractivity contribution in [3.05, 3.63) is 36.4 Å². The van der Waals surface area contributed by atoms with Crippen molar-refractivity contribution in [3.8, 4) is 5.75 Å². The van der Waals surface area contributed by atoms with Crippen LogP contribution < -0.4 is 15.4 Å². The molecule has 0 radical (unpaired) electrons. The molecule has 0 saturated heterocycles. The van der Waals surface area contributed by atoms with Crippen molar-refractivity contribution in [1.29, 1.82) is 0 Å². The topological polar surface area (TPSA) is 85.4 Å². The van der Waals surface area contributed by atoms with E-state index in [0.717, 1.165) is 11.4 Å². The second kappa shape index (κ2) is 7.09. The van der Waals surface area contributed by atoms with E-state index in [1.54, 1.807) is 12.1 Å². The zero-order valence-electron chi connectivity index (χ0n) is 11.8. The number of methoxy groups -OCH3 is 1. The van der Waals surface area contributed by atoms with Crippen LogP contribution in [0.1, 0.15) is 6.92 Å². The highest BCUT2D eigenvalue weighted by molar-refractivity contribution is 5.83. The van der Waals surface area contributed by atoms with Crippen LogP contribution >= 0.6 is 0 Å². The molecule has 0 atom stereocenters. The molecule has 110 valence electrons. The third kappa shape index (κ3) is 4.07. The summed E-state index contributed by atoms with van der Waals surface area (Å²) < 4.78 is 9.99.